The van der Waals surface area contributed by atoms with Gasteiger partial charge in [0.1, 0.15) is 17.6 Å². The normalized spacial score (nSPS) is 19.3. The van der Waals surface area contributed by atoms with Crippen LogP contribution >= 0.6 is 11.6 Å². The lowest BCUT2D eigenvalue weighted by Crippen LogP contribution is -2.60. The van der Waals surface area contributed by atoms with Crippen molar-refractivity contribution < 1.29 is 42.3 Å². The first-order valence-electron chi connectivity index (χ1n) is 10.4. The van der Waals surface area contributed by atoms with Crippen LogP contribution in [0.4, 0.5) is 13.2 Å². The second-order valence-electron chi connectivity index (χ2n) is 8.76. The quantitative estimate of drug-likeness (QED) is 0.409. The van der Waals surface area contributed by atoms with E-state index in [0.717, 1.165) is 11.1 Å². The standard InChI is InChI=1S/C19H28ClN3O4S.C2HF3O2/c1-19(2,3)16(24)18(26)23-6-7-28(27)11-15(23)17(25)22-10-13-8-14(20)5-4-12(13)9-21;3-2(4,5)1(6)7/h4-5,8,15-16,24H,6-7,9-11,21H2,1-3H3,(H,22,25);(H,6,7)/t15-,16-,28?;/m0./s1. The summed E-state index contributed by atoms with van der Waals surface area (Å²) in [5.41, 5.74) is 6.71. The number of amides is 2. The topological polar surface area (TPSA) is 156 Å². The summed E-state index contributed by atoms with van der Waals surface area (Å²) in [5, 5.41) is 20.8. The van der Waals surface area contributed by atoms with Crippen LogP contribution in [0.2, 0.25) is 5.02 Å². The van der Waals surface area contributed by atoms with Gasteiger partial charge in [-0.15, -0.1) is 0 Å². The Labute approximate surface area is 209 Å². The van der Waals surface area contributed by atoms with E-state index in [4.69, 9.17) is 27.2 Å². The Kier molecular flexibility index (Phi) is 11.3. The lowest BCUT2D eigenvalue weighted by atomic mass is 9.88. The maximum atomic E-state index is 12.8. The highest BCUT2D eigenvalue weighted by Gasteiger charge is 2.42. The Morgan fingerprint density at radius 3 is 2.34 bits per heavy atom. The lowest BCUT2D eigenvalue weighted by molar-refractivity contribution is -0.192. The van der Waals surface area contributed by atoms with Crippen molar-refractivity contribution in [2.45, 2.75) is 52.2 Å². The third kappa shape index (κ3) is 9.49. The van der Waals surface area contributed by atoms with Crippen molar-refractivity contribution in [2.75, 3.05) is 18.1 Å². The first kappa shape index (κ1) is 31.0. The molecule has 0 bridgehead atoms. The van der Waals surface area contributed by atoms with Gasteiger partial charge in [-0.05, 0) is 39.9 Å². The van der Waals surface area contributed by atoms with Crippen LogP contribution in [0.25, 0.3) is 0 Å². The van der Waals surface area contributed by atoms with E-state index in [0.29, 0.717) is 11.6 Å². The number of rotatable bonds is 5. The van der Waals surface area contributed by atoms with E-state index in [-0.39, 0.29) is 24.6 Å². The highest BCUT2D eigenvalue weighted by atomic mass is 35.5. The third-order valence-corrected chi connectivity index (χ3v) is 6.56. The van der Waals surface area contributed by atoms with E-state index in [1.807, 2.05) is 0 Å². The number of carboxylic acids is 1. The Morgan fingerprint density at radius 2 is 1.86 bits per heavy atom. The summed E-state index contributed by atoms with van der Waals surface area (Å²) in [7, 11) is 0. The van der Waals surface area contributed by atoms with Gasteiger partial charge in [-0.25, -0.2) is 4.79 Å². The molecule has 0 spiro atoms. The van der Waals surface area contributed by atoms with Crippen molar-refractivity contribution in [3.05, 3.63) is 34.3 Å². The number of benzene rings is 1. The minimum absolute atomic E-state index is 0.0493. The van der Waals surface area contributed by atoms with Gasteiger partial charge in [-0.2, -0.15) is 13.2 Å². The fourth-order valence-electron chi connectivity index (χ4n) is 2.97. The van der Waals surface area contributed by atoms with Crippen molar-refractivity contribution in [1.29, 1.82) is 0 Å². The fraction of sp³-hybridized carbons (Fsp3) is 0.571. The summed E-state index contributed by atoms with van der Waals surface area (Å²) in [6.45, 7) is 5.92. The van der Waals surface area contributed by atoms with Crippen LogP contribution < -0.4 is 11.1 Å². The van der Waals surface area contributed by atoms with Gasteiger partial charge in [-0.3, -0.25) is 9.59 Å². The van der Waals surface area contributed by atoms with Crippen LogP contribution in [0.15, 0.2) is 18.2 Å². The molecule has 198 valence electrons. The van der Waals surface area contributed by atoms with Crippen LogP contribution in [-0.4, -0.2) is 73.8 Å². The number of nitrogens with two attached hydrogens (primary N) is 1. The second kappa shape index (κ2) is 12.8. The van der Waals surface area contributed by atoms with E-state index < -0.39 is 52.7 Å². The molecule has 0 aliphatic carbocycles. The monoisotopic (exact) mass is 543 g/mol. The van der Waals surface area contributed by atoms with E-state index in [1.54, 1.807) is 39.0 Å². The van der Waals surface area contributed by atoms with E-state index in [2.05, 4.69) is 5.32 Å². The van der Waals surface area contributed by atoms with Crippen molar-refractivity contribution in [3.8, 4) is 0 Å². The Hall–Kier alpha value is -2.06. The van der Waals surface area contributed by atoms with Gasteiger partial charge in [0.15, 0.2) is 6.04 Å². The van der Waals surface area contributed by atoms with Gasteiger partial charge in [0.2, 0.25) is 5.91 Å². The van der Waals surface area contributed by atoms with Crippen LogP contribution in [0.3, 0.4) is 0 Å². The first-order valence-corrected chi connectivity index (χ1v) is 12.2. The van der Waals surface area contributed by atoms with Crippen molar-refractivity contribution in [1.82, 2.24) is 10.2 Å². The number of carbonyl (C=O) groups excluding carboxylic acids is 2. The number of halogens is 4. The molecule has 1 aliphatic rings. The number of nitrogens with one attached hydrogen (secondary N) is 1. The maximum Gasteiger partial charge on any atom is 0.490 e. The molecule has 1 saturated heterocycles. The molecule has 5 N–H and O–H groups in total. The first-order chi connectivity index (χ1) is 16.0. The number of hydrogen-bond acceptors (Lipinski definition) is 6. The molecule has 0 aromatic heterocycles. The van der Waals surface area contributed by atoms with Gasteiger partial charge in [0.05, 0.1) is 6.54 Å². The molecule has 3 atom stereocenters. The number of carbonyl (C=O) groups is 3. The number of nitrogens with zero attached hydrogens (tertiary/aromatic N) is 1. The van der Waals surface area contributed by atoms with Crippen LogP contribution in [0.1, 0.15) is 31.9 Å². The minimum Gasteiger partial charge on any atom is -0.616 e. The van der Waals surface area contributed by atoms with Gasteiger partial charge >= 0.3 is 12.1 Å². The molecule has 1 aromatic carbocycles. The van der Waals surface area contributed by atoms with Crippen LogP contribution in [0, 0.1) is 5.41 Å². The zero-order valence-corrected chi connectivity index (χ0v) is 21.0. The van der Waals surface area contributed by atoms with Crippen LogP contribution in [0.5, 0.6) is 0 Å². The molecule has 1 heterocycles. The van der Waals surface area contributed by atoms with E-state index >= 15 is 0 Å². The minimum atomic E-state index is -5.08. The molecular weight excluding hydrogens is 515 g/mol. The zero-order chi connectivity index (χ0) is 27.1. The molecule has 2 rings (SSSR count). The summed E-state index contributed by atoms with van der Waals surface area (Å²) >= 11 is 4.83. The number of aliphatic hydroxyl groups is 1. The smallest absolute Gasteiger partial charge is 0.490 e. The summed E-state index contributed by atoms with van der Waals surface area (Å²) in [5.74, 6) is -3.35. The molecular formula is C21H29ClF3N3O6S. The summed E-state index contributed by atoms with van der Waals surface area (Å²) in [6, 6.07) is 4.37. The van der Waals surface area contributed by atoms with Gasteiger partial charge in [0.25, 0.3) is 5.91 Å². The molecule has 1 aromatic rings. The summed E-state index contributed by atoms with van der Waals surface area (Å²) in [4.78, 5) is 35.8. The summed E-state index contributed by atoms with van der Waals surface area (Å²) < 4.78 is 43.8. The molecule has 0 saturated carbocycles. The predicted octanol–water partition coefficient (Wildman–Crippen LogP) is 1.41. The van der Waals surface area contributed by atoms with Crippen LogP contribution in [-0.2, 0) is 38.6 Å². The second-order valence-corrected chi connectivity index (χ2v) is 10.8. The molecule has 1 unspecified atom stereocenters. The average molecular weight is 544 g/mol. The number of aliphatic hydroxyl groups excluding tert-OH is 1. The Morgan fingerprint density at radius 1 is 1.29 bits per heavy atom. The highest BCUT2D eigenvalue weighted by Crippen LogP contribution is 2.24. The number of aliphatic carboxylic acids is 1. The molecule has 9 nitrogen and oxygen atoms in total. The zero-order valence-electron chi connectivity index (χ0n) is 19.4. The Bertz CT molecular complexity index is 913. The van der Waals surface area contributed by atoms with Crippen molar-refractivity contribution >= 4 is 40.6 Å². The summed E-state index contributed by atoms with van der Waals surface area (Å²) in [6.07, 6.45) is -6.33. The van der Waals surface area contributed by atoms with E-state index in [1.165, 1.54) is 4.90 Å². The molecule has 2 amide bonds. The molecule has 14 heteroatoms. The van der Waals surface area contributed by atoms with Gasteiger partial charge in [0, 0.05) is 18.1 Å². The molecule has 0 radical (unpaired) electrons. The lowest BCUT2D eigenvalue weighted by Gasteiger charge is -2.38. The highest BCUT2D eigenvalue weighted by molar-refractivity contribution is 7.91. The third-order valence-electron chi connectivity index (χ3n) is 5.00. The van der Waals surface area contributed by atoms with E-state index in [9.17, 15) is 32.4 Å². The number of carboxylic acid groups (broad SMARTS) is 1. The molecule has 1 aliphatic heterocycles. The van der Waals surface area contributed by atoms with Crippen molar-refractivity contribution in [2.24, 2.45) is 11.1 Å². The maximum absolute atomic E-state index is 12.8. The Balaban J connectivity index is 0.000000762. The van der Waals surface area contributed by atoms with Gasteiger partial charge in [-0.1, -0.05) is 38.4 Å². The SMILES string of the molecule is CC(C)(C)[C@@H](O)C(=O)N1CC[S+]([O-])C[C@H]1C(=O)NCc1cc(Cl)ccc1CN.O=C(O)C(F)(F)F. The predicted molar refractivity (Wildman–Crippen MR) is 124 cm³/mol. The van der Waals surface area contributed by atoms with Gasteiger partial charge < -0.3 is 30.7 Å². The molecule has 35 heavy (non-hydrogen) atoms. The van der Waals surface area contributed by atoms with Crippen molar-refractivity contribution in [3.63, 3.8) is 0 Å². The fourth-order valence-corrected chi connectivity index (χ4v) is 4.42. The number of alkyl halides is 3. The average Bonchev–Trinajstić information content (AvgIpc) is 2.75. The number of hydrogen-bond donors (Lipinski definition) is 4. The molecule has 1 fully saturated rings. The largest absolute Gasteiger partial charge is 0.616 e.